The van der Waals surface area contributed by atoms with Crippen molar-refractivity contribution in [2.75, 3.05) is 6.61 Å². The second-order valence-electron chi connectivity index (χ2n) is 2.57. The molecule has 0 aromatic rings. The first-order valence-corrected chi connectivity index (χ1v) is 4.71. The van der Waals surface area contributed by atoms with Crippen LogP contribution in [0.2, 0.25) is 0 Å². The number of esters is 1. The Morgan fingerprint density at radius 3 is 2.69 bits per heavy atom. The molecule has 0 amide bonds. The predicted molar refractivity (Wildman–Crippen MR) is 51.5 cm³/mol. The molecule has 0 radical (unpaired) electrons. The molecule has 0 saturated carbocycles. The van der Waals surface area contributed by atoms with Crippen molar-refractivity contribution in [2.45, 2.75) is 32.8 Å². The third kappa shape index (κ3) is 4.90. The minimum atomic E-state index is -1.33. The summed E-state index contributed by atoms with van der Waals surface area (Å²) >= 11 is 5.62. The highest BCUT2D eigenvalue weighted by atomic mass is 35.5. The van der Waals surface area contributed by atoms with Crippen LogP contribution in [0.25, 0.3) is 0 Å². The van der Waals surface area contributed by atoms with Crippen LogP contribution in [0.3, 0.4) is 0 Å². The smallest absolute Gasteiger partial charge is 0.340 e. The number of hydrogen-bond acceptors (Lipinski definition) is 3. The lowest BCUT2D eigenvalue weighted by Crippen LogP contribution is -2.23. The lowest BCUT2D eigenvalue weighted by atomic mass is 10.3. The summed E-state index contributed by atoms with van der Waals surface area (Å²) in [4.78, 5) is 11.0. The summed E-state index contributed by atoms with van der Waals surface area (Å²) < 4.78 is 4.71. The number of carbonyl (C=O) groups is 1. The lowest BCUT2D eigenvalue weighted by molar-refractivity contribution is -0.151. The van der Waals surface area contributed by atoms with Crippen molar-refractivity contribution in [3.8, 4) is 0 Å². The Bertz CT molecular complexity index is 189. The van der Waals surface area contributed by atoms with E-state index in [1.807, 2.05) is 13.8 Å². The standard InChI is InChI=1S/C9H15ClO3/c1-3-5-7(10)8(11)9(12)13-6-4-2/h5,8,11H,3-4,6H2,1-2H3. The number of allylic oxidation sites excluding steroid dienone is 1. The Balaban J connectivity index is 4.01. The number of ether oxygens (including phenoxy) is 1. The van der Waals surface area contributed by atoms with Crippen molar-refractivity contribution in [3.05, 3.63) is 11.1 Å². The number of hydrogen-bond donors (Lipinski definition) is 1. The molecule has 0 heterocycles. The molecule has 0 aliphatic heterocycles. The molecule has 0 saturated heterocycles. The van der Waals surface area contributed by atoms with Gasteiger partial charge in [0, 0.05) is 0 Å². The van der Waals surface area contributed by atoms with Gasteiger partial charge in [-0.3, -0.25) is 0 Å². The van der Waals surface area contributed by atoms with Crippen LogP contribution in [-0.2, 0) is 9.53 Å². The molecule has 1 unspecified atom stereocenters. The Morgan fingerprint density at radius 1 is 1.62 bits per heavy atom. The van der Waals surface area contributed by atoms with Gasteiger partial charge in [-0.2, -0.15) is 0 Å². The van der Waals surface area contributed by atoms with Gasteiger partial charge in [-0.05, 0) is 12.8 Å². The van der Waals surface area contributed by atoms with Gasteiger partial charge >= 0.3 is 5.97 Å². The van der Waals surface area contributed by atoms with Crippen LogP contribution < -0.4 is 0 Å². The molecule has 0 aliphatic carbocycles. The monoisotopic (exact) mass is 206 g/mol. The average molecular weight is 207 g/mol. The Hall–Kier alpha value is -0.540. The fourth-order valence-electron chi connectivity index (χ4n) is 0.701. The zero-order valence-electron chi connectivity index (χ0n) is 7.92. The molecule has 0 fully saturated rings. The normalized spacial score (nSPS) is 14.0. The zero-order valence-corrected chi connectivity index (χ0v) is 8.67. The fourth-order valence-corrected chi connectivity index (χ4v) is 0.944. The van der Waals surface area contributed by atoms with Crippen molar-refractivity contribution in [1.29, 1.82) is 0 Å². The summed E-state index contributed by atoms with van der Waals surface area (Å²) in [7, 11) is 0. The van der Waals surface area contributed by atoms with Crippen molar-refractivity contribution in [3.63, 3.8) is 0 Å². The van der Waals surface area contributed by atoms with Gasteiger partial charge in [0.2, 0.25) is 0 Å². The number of aliphatic hydroxyl groups is 1. The summed E-state index contributed by atoms with van der Waals surface area (Å²) in [5, 5.41) is 9.40. The molecule has 3 nitrogen and oxygen atoms in total. The lowest BCUT2D eigenvalue weighted by Gasteiger charge is -2.08. The molecule has 13 heavy (non-hydrogen) atoms. The van der Waals surface area contributed by atoms with Crippen LogP contribution in [0, 0.1) is 0 Å². The van der Waals surface area contributed by atoms with Gasteiger partial charge in [0.15, 0.2) is 6.10 Å². The van der Waals surface area contributed by atoms with Gasteiger partial charge < -0.3 is 9.84 Å². The van der Waals surface area contributed by atoms with Crippen molar-refractivity contribution >= 4 is 17.6 Å². The van der Waals surface area contributed by atoms with Crippen LogP contribution in [-0.4, -0.2) is 23.8 Å². The fraction of sp³-hybridized carbons (Fsp3) is 0.667. The molecule has 0 aromatic heterocycles. The first-order chi connectivity index (χ1) is 6.13. The molecular weight excluding hydrogens is 192 g/mol. The third-order valence-electron chi connectivity index (χ3n) is 1.33. The van der Waals surface area contributed by atoms with Gasteiger partial charge in [-0.1, -0.05) is 31.5 Å². The molecule has 76 valence electrons. The molecule has 1 atom stereocenters. The van der Waals surface area contributed by atoms with Crippen molar-refractivity contribution < 1.29 is 14.6 Å². The topological polar surface area (TPSA) is 46.5 Å². The van der Waals surface area contributed by atoms with Gasteiger partial charge in [0.25, 0.3) is 0 Å². The minimum Gasteiger partial charge on any atom is -0.464 e. The summed E-state index contributed by atoms with van der Waals surface area (Å²) in [5.41, 5.74) is 0. The number of halogens is 1. The van der Waals surface area contributed by atoms with E-state index in [-0.39, 0.29) is 5.03 Å². The van der Waals surface area contributed by atoms with Crippen LogP contribution in [0.1, 0.15) is 26.7 Å². The minimum absolute atomic E-state index is 0.128. The van der Waals surface area contributed by atoms with Gasteiger partial charge in [-0.25, -0.2) is 4.79 Å². The molecule has 0 spiro atoms. The maximum absolute atomic E-state index is 11.0. The summed E-state index contributed by atoms with van der Waals surface area (Å²) in [5.74, 6) is -0.684. The first-order valence-electron chi connectivity index (χ1n) is 4.33. The summed E-state index contributed by atoms with van der Waals surface area (Å²) in [6.45, 7) is 4.06. The van der Waals surface area contributed by atoms with E-state index in [1.165, 1.54) is 0 Å². The van der Waals surface area contributed by atoms with E-state index in [0.29, 0.717) is 13.0 Å². The van der Waals surface area contributed by atoms with Crippen LogP contribution in [0.5, 0.6) is 0 Å². The Kier molecular flexibility index (Phi) is 6.63. The number of aliphatic hydroxyl groups excluding tert-OH is 1. The zero-order chi connectivity index (χ0) is 10.3. The third-order valence-corrected chi connectivity index (χ3v) is 1.69. The van der Waals surface area contributed by atoms with E-state index >= 15 is 0 Å². The van der Waals surface area contributed by atoms with Crippen LogP contribution >= 0.6 is 11.6 Å². The van der Waals surface area contributed by atoms with E-state index in [9.17, 15) is 9.90 Å². The van der Waals surface area contributed by atoms with E-state index in [0.717, 1.165) is 6.42 Å². The maximum atomic E-state index is 11.0. The highest BCUT2D eigenvalue weighted by Crippen LogP contribution is 2.10. The van der Waals surface area contributed by atoms with Gasteiger partial charge in [0.1, 0.15) is 0 Å². The van der Waals surface area contributed by atoms with Crippen LogP contribution in [0.15, 0.2) is 11.1 Å². The summed E-state index contributed by atoms with van der Waals surface area (Å²) in [6, 6.07) is 0. The Morgan fingerprint density at radius 2 is 2.23 bits per heavy atom. The largest absolute Gasteiger partial charge is 0.464 e. The SMILES string of the molecule is CCC=C(Cl)C(O)C(=O)OCCC. The second-order valence-corrected chi connectivity index (χ2v) is 3.00. The maximum Gasteiger partial charge on any atom is 0.340 e. The first kappa shape index (κ1) is 12.5. The van der Waals surface area contributed by atoms with Gasteiger partial charge in [-0.15, -0.1) is 0 Å². The van der Waals surface area contributed by atoms with E-state index in [2.05, 4.69) is 0 Å². The Labute approximate surface area is 83.3 Å². The quantitative estimate of drug-likeness (QED) is 0.699. The molecule has 0 aliphatic rings. The number of carbonyl (C=O) groups excluding carboxylic acids is 1. The highest BCUT2D eigenvalue weighted by Gasteiger charge is 2.19. The molecule has 4 heteroatoms. The van der Waals surface area contributed by atoms with Crippen LogP contribution in [0.4, 0.5) is 0 Å². The predicted octanol–water partition coefficient (Wildman–Crippen LogP) is 1.83. The molecule has 1 N–H and O–H groups in total. The van der Waals surface area contributed by atoms with E-state index in [1.54, 1.807) is 6.08 Å². The second kappa shape index (κ2) is 6.92. The molecule has 0 bridgehead atoms. The average Bonchev–Trinajstić information content (AvgIpc) is 2.13. The van der Waals surface area contributed by atoms with Gasteiger partial charge in [0.05, 0.1) is 11.6 Å². The van der Waals surface area contributed by atoms with Crippen molar-refractivity contribution in [2.24, 2.45) is 0 Å². The van der Waals surface area contributed by atoms with Crippen molar-refractivity contribution in [1.82, 2.24) is 0 Å². The molecule has 0 aromatic carbocycles. The highest BCUT2D eigenvalue weighted by molar-refractivity contribution is 6.31. The molecular formula is C9H15ClO3. The van der Waals surface area contributed by atoms with E-state index in [4.69, 9.17) is 16.3 Å². The van der Waals surface area contributed by atoms with E-state index < -0.39 is 12.1 Å². The number of rotatable bonds is 5. The molecule has 0 rings (SSSR count). The summed E-state index contributed by atoms with van der Waals surface area (Å²) in [6.07, 6.45) is 1.66.